The molecule has 0 fully saturated rings. The molecule has 0 spiro atoms. The van der Waals surface area contributed by atoms with Gasteiger partial charge in [0.05, 0.1) is 0 Å². The minimum atomic E-state index is 0.439. The fourth-order valence-electron chi connectivity index (χ4n) is 2.48. The molecule has 1 N–H and O–H groups in total. The number of nitrogens with one attached hydrogen (secondary N) is 1. The standard InChI is InChI=1S/C18H25NS/c1-4-10-19-18(17-13-20-12-14(17)3)11-16-8-6-15(5-2)7-9-16/h6-9,12-13,18-19H,4-5,10-11H2,1-3H3. The normalized spacial score (nSPS) is 12.6. The van der Waals surface area contributed by atoms with Crippen LogP contribution < -0.4 is 5.32 Å². The van der Waals surface area contributed by atoms with Crippen molar-refractivity contribution in [1.82, 2.24) is 5.32 Å². The van der Waals surface area contributed by atoms with Crippen LogP contribution in [0.15, 0.2) is 35.0 Å². The Morgan fingerprint density at radius 3 is 2.30 bits per heavy atom. The molecule has 0 aliphatic rings. The van der Waals surface area contributed by atoms with Crippen LogP contribution in [-0.4, -0.2) is 6.54 Å². The number of hydrogen-bond acceptors (Lipinski definition) is 2. The smallest absolute Gasteiger partial charge is 0.0371 e. The van der Waals surface area contributed by atoms with Crippen LogP contribution in [0.4, 0.5) is 0 Å². The Morgan fingerprint density at radius 1 is 1.05 bits per heavy atom. The lowest BCUT2D eigenvalue weighted by Gasteiger charge is -2.19. The van der Waals surface area contributed by atoms with Crippen LogP contribution >= 0.6 is 11.3 Å². The Hall–Kier alpha value is -1.12. The van der Waals surface area contributed by atoms with Gasteiger partial charge in [-0.25, -0.2) is 0 Å². The molecule has 1 aromatic heterocycles. The zero-order valence-corrected chi connectivity index (χ0v) is 13.6. The summed E-state index contributed by atoms with van der Waals surface area (Å²) >= 11 is 1.80. The zero-order chi connectivity index (χ0) is 14.4. The van der Waals surface area contributed by atoms with Crippen molar-refractivity contribution in [1.29, 1.82) is 0 Å². The van der Waals surface area contributed by atoms with E-state index in [9.17, 15) is 0 Å². The highest BCUT2D eigenvalue weighted by Crippen LogP contribution is 2.25. The van der Waals surface area contributed by atoms with E-state index in [4.69, 9.17) is 0 Å². The Kier molecular flexibility index (Phi) is 5.81. The molecule has 2 rings (SSSR count). The summed E-state index contributed by atoms with van der Waals surface area (Å²) in [7, 11) is 0. The fourth-order valence-corrected chi connectivity index (χ4v) is 3.39. The third-order valence-corrected chi connectivity index (χ3v) is 4.66. The summed E-state index contributed by atoms with van der Waals surface area (Å²) in [4.78, 5) is 0. The van der Waals surface area contributed by atoms with Crippen molar-refractivity contribution in [2.75, 3.05) is 6.54 Å². The van der Waals surface area contributed by atoms with Gasteiger partial charge in [0.15, 0.2) is 0 Å². The molecule has 1 atom stereocenters. The Balaban J connectivity index is 2.12. The number of rotatable bonds is 7. The van der Waals surface area contributed by atoms with Gasteiger partial charge in [0, 0.05) is 6.04 Å². The van der Waals surface area contributed by atoms with Crippen LogP contribution in [-0.2, 0) is 12.8 Å². The summed E-state index contributed by atoms with van der Waals surface area (Å²) in [6.07, 6.45) is 3.36. The van der Waals surface area contributed by atoms with Crippen LogP contribution in [0, 0.1) is 6.92 Å². The number of hydrogen-bond donors (Lipinski definition) is 1. The van der Waals surface area contributed by atoms with E-state index in [-0.39, 0.29) is 0 Å². The van der Waals surface area contributed by atoms with Crippen molar-refractivity contribution in [3.63, 3.8) is 0 Å². The second-order valence-electron chi connectivity index (χ2n) is 5.39. The Bertz CT molecular complexity index is 512. The van der Waals surface area contributed by atoms with Crippen molar-refractivity contribution in [2.24, 2.45) is 0 Å². The first kappa shape index (κ1) is 15.3. The molecule has 1 aromatic carbocycles. The number of thiophene rings is 1. The summed E-state index contributed by atoms with van der Waals surface area (Å²) in [6, 6.07) is 9.51. The van der Waals surface area contributed by atoms with Crippen LogP contribution in [0.3, 0.4) is 0 Å². The van der Waals surface area contributed by atoms with Crippen LogP contribution in [0.25, 0.3) is 0 Å². The molecule has 0 bridgehead atoms. The van der Waals surface area contributed by atoms with Gasteiger partial charge < -0.3 is 5.32 Å². The van der Waals surface area contributed by atoms with E-state index in [0.29, 0.717) is 6.04 Å². The molecule has 0 saturated carbocycles. The molecule has 0 aliphatic heterocycles. The number of benzene rings is 1. The van der Waals surface area contributed by atoms with Crippen LogP contribution in [0.2, 0.25) is 0 Å². The Morgan fingerprint density at radius 2 is 1.75 bits per heavy atom. The maximum absolute atomic E-state index is 3.70. The van der Waals surface area contributed by atoms with E-state index < -0.39 is 0 Å². The lowest BCUT2D eigenvalue weighted by molar-refractivity contribution is 0.528. The highest BCUT2D eigenvalue weighted by molar-refractivity contribution is 7.08. The second-order valence-corrected chi connectivity index (χ2v) is 6.13. The van der Waals surface area contributed by atoms with Gasteiger partial charge in [-0.15, -0.1) is 0 Å². The van der Waals surface area contributed by atoms with Crippen molar-refractivity contribution < 1.29 is 0 Å². The van der Waals surface area contributed by atoms with E-state index >= 15 is 0 Å². The maximum Gasteiger partial charge on any atom is 0.0371 e. The largest absolute Gasteiger partial charge is 0.310 e. The van der Waals surface area contributed by atoms with Gasteiger partial charge in [-0.3, -0.25) is 0 Å². The predicted octanol–water partition coefficient (Wildman–Crippen LogP) is 4.90. The average molecular weight is 287 g/mol. The average Bonchev–Trinajstić information content (AvgIpc) is 2.90. The maximum atomic E-state index is 3.70. The molecular weight excluding hydrogens is 262 g/mol. The van der Waals surface area contributed by atoms with E-state index in [1.165, 1.54) is 28.7 Å². The molecule has 0 aliphatic carbocycles. The van der Waals surface area contributed by atoms with Crippen molar-refractivity contribution >= 4 is 11.3 Å². The van der Waals surface area contributed by atoms with E-state index in [0.717, 1.165) is 19.4 Å². The van der Waals surface area contributed by atoms with Gasteiger partial charge in [-0.1, -0.05) is 38.1 Å². The summed E-state index contributed by atoms with van der Waals surface area (Å²) in [5.74, 6) is 0. The van der Waals surface area contributed by atoms with E-state index in [2.05, 4.69) is 61.1 Å². The van der Waals surface area contributed by atoms with Gasteiger partial charge >= 0.3 is 0 Å². The van der Waals surface area contributed by atoms with Gasteiger partial charge in [0.25, 0.3) is 0 Å². The second kappa shape index (κ2) is 7.61. The summed E-state index contributed by atoms with van der Waals surface area (Å²) in [5, 5.41) is 8.24. The molecule has 1 heterocycles. The minimum Gasteiger partial charge on any atom is -0.310 e. The molecule has 20 heavy (non-hydrogen) atoms. The molecule has 0 saturated heterocycles. The van der Waals surface area contributed by atoms with Crippen molar-refractivity contribution in [3.05, 3.63) is 57.3 Å². The first-order valence-electron chi connectivity index (χ1n) is 7.58. The lowest BCUT2D eigenvalue weighted by Crippen LogP contribution is -2.24. The molecular formula is C18H25NS. The summed E-state index contributed by atoms with van der Waals surface area (Å²) in [6.45, 7) is 7.72. The molecule has 108 valence electrons. The van der Waals surface area contributed by atoms with Gasteiger partial charge in [0.1, 0.15) is 0 Å². The predicted molar refractivity (Wildman–Crippen MR) is 89.6 cm³/mol. The first-order chi connectivity index (χ1) is 9.74. The lowest BCUT2D eigenvalue weighted by atomic mass is 9.97. The highest BCUT2D eigenvalue weighted by Gasteiger charge is 2.14. The molecule has 0 radical (unpaired) electrons. The van der Waals surface area contributed by atoms with Crippen molar-refractivity contribution in [3.8, 4) is 0 Å². The van der Waals surface area contributed by atoms with Crippen LogP contribution in [0.1, 0.15) is 48.6 Å². The third-order valence-electron chi connectivity index (χ3n) is 3.78. The SMILES string of the molecule is CCCNC(Cc1ccc(CC)cc1)c1cscc1C. The third kappa shape index (κ3) is 3.94. The van der Waals surface area contributed by atoms with Crippen LogP contribution in [0.5, 0.6) is 0 Å². The zero-order valence-electron chi connectivity index (χ0n) is 12.8. The van der Waals surface area contributed by atoms with Gasteiger partial charge in [0.2, 0.25) is 0 Å². The fraction of sp³-hybridized carbons (Fsp3) is 0.444. The molecule has 2 aromatic rings. The first-order valence-corrected chi connectivity index (χ1v) is 8.52. The quantitative estimate of drug-likeness (QED) is 0.763. The topological polar surface area (TPSA) is 12.0 Å². The summed E-state index contributed by atoms with van der Waals surface area (Å²) < 4.78 is 0. The highest BCUT2D eigenvalue weighted by atomic mass is 32.1. The summed E-state index contributed by atoms with van der Waals surface area (Å²) in [5.41, 5.74) is 5.71. The van der Waals surface area contributed by atoms with Gasteiger partial charge in [-0.2, -0.15) is 11.3 Å². The van der Waals surface area contributed by atoms with Crippen molar-refractivity contribution in [2.45, 2.75) is 46.1 Å². The molecule has 2 heteroatoms. The molecule has 1 unspecified atom stereocenters. The van der Waals surface area contributed by atoms with E-state index in [1.54, 1.807) is 11.3 Å². The van der Waals surface area contributed by atoms with E-state index in [1.807, 2.05) is 0 Å². The van der Waals surface area contributed by atoms with Gasteiger partial charge in [-0.05, 0) is 65.7 Å². The molecule has 0 amide bonds. The number of aryl methyl sites for hydroxylation is 2. The minimum absolute atomic E-state index is 0.439. The Labute approximate surface area is 127 Å². The monoisotopic (exact) mass is 287 g/mol. The molecule has 1 nitrogen and oxygen atoms in total.